The van der Waals surface area contributed by atoms with Gasteiger partial charge in [-0.15, -0.1) is 0 Å². The van der Waals surface area contributed by atoms with Crippen LogP contribution in [0.15, 0.2) is 65.8 Å². The molecular weight excluding hydrogens is 475 g/mol. The lowest BCUT2D eigenvalue weighted by Crippen LogP contribution is -2.24. The molecule has 1 N–H and O–H groups in total. The second kappa shape index (κ2) is 10.1. The summed E-state index contributed by atoms with van der Waals surface area (Å²) in [4.78, 5) is 19.7. The summed E-state index contributed by atoms with van der Waals surface area (Å²) in [7, 11) is 0. The zero-order valence-electron chi connectivity index (χ0n) is 19.0. The molecule has 1 heterocycles. The Bertz CT molecular complexity index is 1320. The maximum absolute atomic E-state index is 14.7. The standard InChI is InChI=1S/C26H24ClFN2O3S/c1-26(2,3)33-24(31)15-34-25-29-21-12-18(19(27)13-22(21)30-25)17-9-10-23(20(28)11-17)32-14-16-7-5-4-6-8-16/h4-13H,14-15H2,1-3H3,(H,29,30). The van der Waals surface area contributed by atoms with E-state index in [1.165, 1.54) is 17.8 Å². The van der Waals surface area contributed by atoms with Crippen molar-refractivity contribution in [2.24, 2.45) is 0 Å². The molecule has 8 heteroatoms. The topological polar surface area (TPSA) is 64.2 Å². The van der Waals surface area contributed by atoms with E-state index in [1.54, 1.807) is 24.3 Å². The zero-order chi connectivity index (χ0) is 24.3. The van der Waals surface area contributed by atoms with E-state index >= 15 is 0 Å². The largest absolute Gasteiger partial charge is 0.486 e. The van der Waals surface area contributed by atoms with Crippen molar-refractivity contribution < 1.29 is 18.7 Å². The predicted octanol–water partition coefficient (Wildman–Crippen LogP) is 7.04. The molecule has 0 unspecified atom stereocenters. The summed E-state index contributed by atoms with van der Waals surface area (Å²) < 4.78 is 25.7. The second-order valence-corrected chi connectivity index (χ2v) is 10.1. The molecule has 4 aromatic rings. The maximum atomic E-state index is 14.7. The third-order valence-corrected chi connectivity index (χ3v) is 5.94. The number of benzene rings is 3. The number of hydrogen-bond acceptors (Lipinski definition) is 5. The molecule has 0 spiro atoms. The molecule has 0 radical (unpaired) electrons. The third-order valence-electron chi connectivity index (χ3n) is 4.78. The first-order valence-corrected chi connectivity index (χ1v) is 12.0. The monoisotopic (exact) mass is 498 g/mol. The van der Waals surface area contributed by atoms with Gasteiger partial charge in [0.25, 0.3) is 0 Å². The number of nitrogens with one attached hydrogen (secondary N) is 1. The molecule has 0 amide bonds. The summed E-state index contributed by atoms with van der Waals surface area (Å²) in [5.41, 5.74) is 3.07. The number of H-pyrrole nitrogens is 1. The number of esters is 1. The number of aromatic nitrogens is 2. The fraction of sp³-hybridized carbons (Fsp3) is 0.231. The number of carbonyl (C=O) groups is 1. The van der Waals surface area contributed by atoms with Crippen molar-refractivity contribution in [2.45, 2.75) is 38.1 Å². The molecule has 3 aromatic carbocycles. The minimum absolute atomic E-state index is 0.132. The van der Waals surface area contributed by atoms with Gasteiger partial charge < -0.3 is 14.5 Å². The number of rotatable bonds is 7. The van der Waals surface area contributed by atoms with Gasteiger partial charge in [0.1, 0.15) is 12.2 Å². The van der Waals surface area contributed by atoms with Crippen molar-refractivity contribution in [1.29, 1.82) is 0 Å². The maximum Gasteiger partial charge on any atom is 0.316 e. The Labute approximate surface area is 206 Å². The highest BCUT2D eigenvalue weighted by Gasteiger charge is 2.18. The van der Waals surface area contributed by atoms with E-state index in [2.05, 4.69) is 9.97 Å². The number of halogens is 2. The molecule has 0 aliphatic carbocycles. The number of thioether (sulfide) groups is 1. The Morgan fingerprint density at radius 3 is 2.59 bits per heavy atom. The van der Waals surface area contributed by atoms with Gasteiger partial charge in [-0.1, -0.05) is 59.8 Å². The van der Waals surface area contributed by atoms with Gasteiger partial charge in [0, 0.05) is 5.56 Å². The average molecular weight is 499 g/mol. The second-order valence-electron chi connectivity index (χ2n) is 8.69. The van der Waals surface area contributed by atoms with Gasteiger partial charge in [-0.2, -0.15) is 0 Å². The van der Waals surface area contributed by atoms with Gasteiger partial charge in [-0.25, -0.2) is 9.37 Å². The number of carbonyl (C=O) groups excluding carboxylic acids is 1. The normalized spacial score (nSPS) is 11.6. The molecular formula is C26H24ClFN2O3S. The number of fused-ring (bicyclic) bond motifs is 1. The number of imidazole rings is 1. The van der Waals surface area contributed by atoms with E-state index in [-0.39, 0.29) is 24.1 Å². The minimum atomic E-state index is -0.536. The molecule has 0 atom stereocenters. The fourth-order valence-electron chi connectivity index (χ4n) is 3.32. The molecule has 0 saturated heterocycles. The van der Waals surface area contributed by atoms with Crippen LogP contribution in [0.5, 0.6) is 5.75 Å². The van der Waals surface area contributed by atoms with Crippen LogP contribution >= 0.6 is 23.4 Å². The number of ether oxygens (including phenoxy) is 2. The number of hydrogen-bond donors (Lipinski definition) is 1. The van der Waals surface area contributed by atoms with Crippen molar-refractivity contribution in [3.63, 3.8) is 0 Å². The highest BCUT2D eigenvalue weighted by molar-refractivity contribution is 7.99. The van der Waals surface area contributed by atoms with Gasteiger partial charge in [-0.05, 0) is 56.2 Å². The predicted molar refractivity (Wildman–Crippen MR) is 134 cm³/mol. The zero-order valence-corrected chi connectivity index (χ0v) is 20.6. The quantitative estimate of drug-likeness (QED) is 0.219. The summed E-state index contributed by atoms with van der Waals surface area (Å²) in [6.45, 7) is 5.75. The van der Waals surface area contributed by atoms with Crippen molar-refractivity contribution in [2.75, 3.05) is 5.75 Å². The van der Waals surface area contributed by atoms with Gasteiger partial charge in [0.2, 0.25) is 0 Å². The van der Waals surface area contributed by atoms with Gasteiger partial charge in [0.15, 0.2) is 16.7 Å². The van der Waals surface area contributed by atoms with E-state index in [0.717, 1.165) is 11.1 Å². The molecule has 0 aliphatic rings. The molecule has 5 nitrogen and oxygen atoms in total. The Morgan fingerprint density at radius 2 is 1.88 bits per heavy atom. The van der Waals surface area contributed by atoms with E-state index < -0.39 is 11.4 Å². The van der Waals surface area contributed by atoms with Crippen LogP contribution < -0.4 is 4.74 Å². The number of nitrogens with zero attached hydrogens (tertiary/aromatic N) is 1. The van der Waals surface area contributed by atoms with E-state index in [9.17, 15) is 9.18 Å². The van der Waals surface area contributed by atoms with Gasteiger partial charge >= 0.3 is 5.97 Å². The van der Waals surface area contributed by atoms with Crippen molar-refractivity contribution >= 4 is 40.4 Å². The number of aromatic amines is 1. The highest BCUT2D eigenvalue weighted by Crippen LogP contribution is 2.34. The molecule has 1 aromatic heterocycles. The highest BCUT2D eigenvalue weighted by atomic mass is 35.5. The lowest BCUT2D eigenvalue weighted by atomic mass is 10.0. The lowest BCUT2D eigenvalue weighted by Gasteiger charge is -2.18. The Morgan fingerprint density at radius 1 is 1.12 bits per heavy atom. The van der Waals surface area contributed by atoms with Crippen molar-refractivity contribution in [3.05, 3.63) is 77.1 Å². The van der Waals surface area contributed by atoms with Crippen LogP contribution in [0.1, 0.15) is 26.3 Å². The van der Waals surface area contributed by atoms with Crippen LogP contribution in [0, 0.1) is 5.82 Å². The minimum Gasteiger partial charge on any atom is -0.486 e. The molecule has 0 fully saturated rings. The SMILES string of the molecule is CC(C)(C)OC(=O)CSc1nc2cc(-c3ccc(OCc4ccccc4)c(F)c3)c(Cl)cc2[nH]1. The van der Waals surface area contributed by atoms with E-state index in [1.807, 2.05) is 51.1 Å². The average Bonchev–Trinajstić information content (AvgIpc) is 3.17. The molecule has 0 saturated carbocycles. The fourth-order valence-corrected chi connectivity index (χ4v) is 4.25. The smallest absolute Gasteiger partial charge is 0.316 e. The van der Waals surface area contributed by atoms with Crippen LogP contribution in [0.3, 0.4) is 0 Å². The Hall–Kier alpha value is -3.03. The Kier molecular flexibility index (Phi) is 7.14. The molecule has 4 rings (SSSR count). The van der Waals surface area contributed by atoms with E-state index in [0.29, 0.717) is 26.8 Å². The van der Waals surface area contributed by atoms with Crippen LogP contribution in [0.25, 0.3) is 22.2 Å². The van der Waals surface area contributed by atoms with Crippen LogP contribution in [-0.2, 0) is 16.1 Å². The first-order chi connectivity index (χ1) is 16.2. The molecule has 0 bridgehead atoms. The Balaban J connectivity index is 1.49. The van der Waals surface area contributed by atoms with Crippen LogP contribution in [0.2, 0.25) is 5.02 Å². The summed E-state index contributed by atoms with van der Waals surface area (Å²) in [6.07, 6.45) is 0. The first-order valence-electron chi connectivity index (χ1n) is 10.7. The summed E-state index contributed by atoms with van der Waals surface area (Å²) >= 11 is 7.75. The summed E-state index contributed by atoms with van der Waals surface area (Å²) in [5.74, 6) is -0.486. The van der Waals surface area contributed by atoms with E-state index in [4.69, 9.17) is 21.1 Å². The van der Waals surface area contributed by atoms with Gasteiger partial charge in [-0.3, -0.25) is 4.79 Å². The van der Waals surface area contributed by atoms with Crippen molar-refractivity contribution in [3.8, 4) is 16.9 Å². The first kappa shape index (κ1) is 24.1. The molecule has 34 heavy (non-hydrogen) atoms. The van der Waals surface area contributed by atoms with Crippen molar-refractivity contribution in [1.82, 2.24) is 9.97 Å². The summed E-state index contributed by atoms with van der Waals surface area (Å²) in [6, 6.07) is 17.9. The lowest BCUT2D eigenvalue weighted by molar-refractivity contribution is -0.151. The van der Waals surface area contributed by atoms with Crippen LogP contribution in [0.4, 0.5) is 4.39 Å². The van der Waals surface area contributed by atoms with Gasteiger partial charge in [0.05, 0.1) is 21.8 Å². The molecule has 176 valence electrons. The molecule has 0 aliphatic heterocycles. The third kappa shape index (κ3) is 6.10. The summed E-state index contributed by atoms with van der Waals surface area (Å²) in [5, 5.41) is 1.03. The van der Waals surface area contributed by atoms with Crippen LogP contribution in [-0.4, -0.2) is 27.3 Å².